The van der Waals surface area contributed by atoms with Crippen molar-refractivity contribution >= 4 is 16.8 Å². The molecule has 0 spiro atoms. The number of nitrogens with one attached hydrogen (secondary N) is 2. The number of benzene rings is 2. The summed E-state index contributed by atoms with van der Waals surface area (Å²) >= 11 is 0. The van der Waals surface area contributed by atoms with Gasteiger partial charge in [0.2, 0.25) is 0 Å². The van der Waals surface area contributed by atoms with Crippen molar-refractivity contribution in [2.24, 2.45) is 5.73 Å². The van der Waals surface area contributed by atoms with E-state index in [-0.39, 0.29) is 6.04 Å². The van der Waals surface area contributed by atoms with E-state index in [1.807, 2.05) is 12.1 Å². The molecule has 0 aromatic heterocycles. The predicted molar refractivity (Wildman–Crippen MR) is 78.0 cm³/mol. The fraction of sp³-hybridized carbons (Fsp3) is 0.267. The van der Waals surface area contributed by atoms with Gasteiger partial charge in [0.1, 0.15) is 0 Å². The molecule has 19 heavy (non-hydrogen) atoms. The molecule has 1 unspecified atom stereocenters. The number of carbonyl (C=O) groups is 1. The molecule has 0 aliphatic rings. The van der Waals surface area contributed by atoms with E-state index in [4.69, 9.17) is 5.73 Å². The van der Waals surface area contributed by atoms with Gasteiger partial charge in [-0.05, 0) is 23.3 Å². The van der Waals surface area contributed by atoms with Crippen LogP contribution in [-0.2, 0) is 0 Å². The second-order valence-electron chi connectivity index (χ2n) is 4.54. The molecule has 100 valence electrons. The van der Waals surface area contributed by atoms with Crippen LogP contribution in [0, 0.1) is 0 Å². The Bertz CT molecular complexity index is 563. The van der Waals surface area contributed by atoms with Gasteiger partial charge in [0, 0.05) is 19.1 Å². The maximum Gasteiger partial charge on any atom is 0.312 e. The van der Waals surface area contributed by atoms with Gasteiger partial charge < -0.3 is 16.4 Å². The van der Waals surface area contributed by atoms with E-state index in [0.29, 0.717) is 13.1 Å². The Morgan fingerprint density at radius 3 is 2.68 bits per heavy atom. The number of fused-ring (bicyclic) bond motifs is 1. The van der Waals surface area contributed by atoms with E-state index in [2.05, 4.69) is 47.9 Å². The minimum atomic E-state index is -0.486. The molecule has 2 amide bonds. The van der Waals surface area contributed by atoms with Crippen molar-refractivity contribution in [2.75, 3.05) is 13.1 Å². The highest BCUT2D eigenvalue weighted by molar-refractivity contribution is 5.86. The molecule has 2 rings (SSSR count). The Hall–Kier alpha value is -2.07. The molecule has 1 atom stereocenters. The highest BCUT2D eigenvalue weighted by Gasteiger charge is 2.07. The molecular weight excluding hydrogens is 238 g/mol. The van der Waals surface area contributed by atoms with Gasteiger partial charge in [0.25, 0.3) is 0 Å². The third kappa shape index (κ3) is 3.45. The quantitative estimate of drug-likeness (QED) is 0.718. The van der Waals surface area contributed by atoms with Crippen molar-refractivity contribution in [3.8, 4) is 0 Å². The Balaban J connectivity index is 2.05. The zero-order valence-corrected chi connectivity index (χ0v) is 11.0. The van der Waals surface area contributed by atoms with Crippen LogP contribution in [0.3, 0.4) is 0 Å². The van der Waals surface area contributed by atoms with E-state index < -0.39 is 6.03 Å². The topological polar surface area (TPSA) is 67.2 Å². The molecule has 0 radical (unpaired) electrons. The SMILES string of the molecule is CC(NCCNC(N)=O)c1cccc2ccccc12. The summed E-state index contributed by atoms with van der Waals surface area (Å²) in [6.07, 6.45) is 0. The number of amides is 2. The van der Waals surface area contributed by atoms with Gasteiger partial charge in [-0.1, -0.05) is 42.5 Å². The first kappa shape index (κ1) is 13.4. The third-order valence-electron chi connectivity index (χ3n) is 3.16. The molecule has 4 nitrogen and oxygen atoms in total. The zero-order valence-electron chi connectivity index (χ0n) is 11.0. The fourth-order valence-electron chi connectivity index (χ4n) is 2.21. The Morgan fingerprint density at radius 2 is 1.89 bits per heavy atom. The van der Waals surface area contributed by atoms with Crippen LogP contribution in [0.25, 0.3) is 10.8 Å². The van der Waals surface area contributed by atoms with Crippen molar-refractivity contribution in [3.05, 3.63) is 48.0 Å². The average molecular weight is 257 g/mol. The molecule has 4 heteroatoms. The molecule has 2 aromatic carbocycles. The number of hydrogen-bond acceptors (Lipinski definition) is 2. The highest BCUT2D eigenvalue weighted by Crippen LogP contribution is 2.23. The van der Waals surface area contributed by atoms with Crippen molar-refractivity contribution in [1.82, 2.24) is 10.6 Å². The number of hydrogen-bond donors (Lipinski definition) is 3. The smallest absolute Gasteiger partial charge is 0.312 e. The van der Waals surface area contributed by atoms with Gasteiger partial charge >= 0.3 is 6.03 Å². The molecule has 0 saturated heterocycles. The largest absolute Gasteiger partial charge is 0.352 e. The molecular formula is C15H19N3O. The van der Waals surface area contributed by atoms with Crippen LogP contribution in [0.15, 0.2) is 42.5 Å². The summed E-state index contributed by atoms with van der Waals surface area (Å²) in [6.45, 7) is 3.34. The van der Waals surface area contributed by atoms with Gasteiger partial charge in [-0.15, -0.1) is 0 Å². The molecule has 4 N–H and O–H groups in total. The Kier molecular flexibility index (Phi) is 4.36. The van der Waals surface area contributed by atoms with Crippen LogP contribution in [0.4, 0.5) is 4.79 Å². The molecule has 0 saturated carbocycles. The molecule has 0 aliphatic heterocycles. The summed E-state index contributed by atoms with van der Waals surface area (Å²) in [4.78, 5) is 10.6. The van der Waals surface area contributed by atoms with Crippen LogP contribution in [0.5, 0.6) is 0 Å². The van der Waals surface area contributed by atoms with Gasteiger partial charge in [0.05, 0.1) is 0 Å². The fourth-order valence-corrected chi connectivity index (χ4v) is 2.21. The lowest BCUT2D eigenvalue weighted by molar-refractivity contribution is 0.249. The molecule has 2 aromatic rings. The van der Waals surface area contributed by atoms with Gasteiger partial charge in [0.15, 0.2) is 0 Å². The van der Waals surface area contributed by atoms with Crippen molar-refractivity contribution in [3.63, 3.8) is 0 Å². The van der Waals surface area contributed by atoms with E-state index in [1.54, 1.807) is 0 Å². The normalized spacial score (nSPS) is 12.3. The standard InChI is InChI=1S/C15H19N3O/c1-11(17-9-10-18-15(16)19)13-8-4-6-12-5-2-3-7-14(12)13/h2-8,11,17H,9-10H2,1H3,(H3,16,18,19). The van der Waals surface area contributed by atoms with Gasteiger partial charge in [-0.2, -0.15) is 0 Å². The zero-order chi connectivity index (χ0) is 13.7. The van der Waals surface area contributed by atoms with Gasteiger partial charge in [-0.25, -0.2) is 4.79 Å². The first-order valence-electron chi connectivity index (χ1n) is 6.43. The molecule has 0 bridgehead atoms. The van der Waals surface area contributed by atoms with E-state index in [9.17, 15) is 4.79 Å². The van der Waals surface area contributed by atoms with E-state index in [0.717, 1.165) is 0 Å². The number of urea groups is 1. The van der Waals surface area contributed by atoms with Crippen LogP contribution < -0.4 is 16.4 Å². The lowest BCUT2D eigenvalue weighted by atomic mass is 10.00. The summed E-state index contributed by atoms with van der Waals surface area (Å²) in [7, 11) is 0. The number of carbonyl (C=O) groups excluding carboxylic acids is 1. The Labute approximate surface area is 113 Å². The second kappa shape index (κ2) is 6.20. The molecule has 0 fully saturated rings. The summed E-state index contributed by atoms with van der Waals surface area (Å²) < 4.78 is 0. The Morgan fingerprint density at radius 1 is 1.16 bits per heavy atom. The van der Waals surface area contributed by atoms with Crippen LogP contribution in [-0.4, -0.2) is 19.1 Å². The monoisotopic (exact) mass is 257 g/mol. The third-order valence-corrected chi connectivity index (χ3v) is 3.16. The summed E-state index contributed by atoms with van der Waals surface area (Å²) in [5.41, 5.74) is 6.28. The lowest BCUT2D eigenvalue weighted by Crippen LogP contribution is -2.36. The van der Waals surface area contributed by atoms with Crippen LogP contribution in [0.1, 0.15) is 18.5 Å². The minimum absolute atomic E-state index is 0.223. The number of rotatable bonds is 5. The summed E-state index contributed by atoms with van der Waals surface area (Å²) in [5, 5.41) is 8.44. The van der Waals surface area contributed by atoms with Crippen molar-refractivity contribution in [2.45, 2.75) is 13.0 Å². The predicted octanol–water partition coefficient (Wildman–Crippen LogP) is 2.16. The first-order valence-corrected chi connectivity index (χ1v) is 6.43. The van der Waals surface area contributed by atoms with Gasteiger partial charge in [-0.3, -0.25) is 0 Å². The number of nitrogens with two attached hydrogens (primary N) is 1. The second-order valence-corrected chi connectivity index (χ2v) is 4.54. The van der Waals surface area contributed by atoms with Crippen LogP contribution >= 0.6 is 0 Å². The summed E-state index contributed by atoms with van der Waals surface area (Å²) in [6, 6.07) is 14.4. The van der Waals surface area contributed by atoms with Crippen molar-refractivity contribution in [1.29, 1.82) is 0 Å². The average Bonchev–Trinajstić information content (AvgIpc) is 2.42. The van der Waals surface area contributed by atoms with E-state index >= 15 is 0 Å². The minimum Gasteiger partial charge on any atom is -0.352 e. The summed E-state index contributed by atoms with van der Waals surface area (Å²) in [5.74, 6) is 0. The number of primary amides is 1. The highest BCUT2D eigenvalue weighted by atomic mass is 16.2. The first-order chi connectivity index (χ1) is 9.18. The maximum absolute atomic E-state index is 10.6. The maximum atomic E-state index is 10.6. The lowest BCUT2D eigenvalue weighted by Gasteiger charge is -2.16. The molecule has 0 heterocycles. The molecule has 0 aliphatic carbocycles. The van der Waals surface area contributed by atoms with Crippen LogP contribution in [0.2, 0.25) is 0 Å². The van der Waals surface area contributed by atoms with Crippen molar-refractivity contribution < 1.29 is 4.79 Å². The van der Waals surface area contributed by atoms with E-state index in [1.165, 1.54) is 16.3 Å².